The second kappa shape index (κ2) is 4.53. The van der Waals surface area contributed by atoms with Crippen molar-refractivity contribution in [2.45, 2.75) is 6.92 Å². The number of hydrogen-bond acceptors (Lipinski definition) is 4. The summed E-state index contributed by atoms with van der Waals surface area (Å²) in [6, 6.07) is 11.8. The van der Waals surface area contributed by atoms with E-state index in [4.69, 9.17) is 5.73 Å². The molecule has 5 nitrogen and oxygen atoms in total. The van der Waals surface area contributed by atoms with Crippen molar-refractivity contribution < 1.29 is 0 Å². The molecule has 3 aromatic rings. The highest BCUT2D eigenvalue weighted by Gasteiger charge is 2.09. The summed E-state index contributed by atoms with van der Waals surface area (Å²) in [4.78, 5) is 4.18. The standard InChI is InChI=1S/C14H13N5/c1-10-7-11(8-16-14(10)15)13-9-17-18-19(13)12-5-3-2-4-6-12/h2-9H,1H3,(H2,15,16). The third-order valence-corrected chi connectivity index (χ3v) is 2.96. The van der Waals surface area contributed by atoms with Crippen molar-refractivity contribution >= 4 is 5.82 Å². The Kier molecular flexibility index (Phi) is 2.72. The Hall–Kier alpha value is -2.69. The Morgan fingerprint density at radius 2 is 1.89 bits per heavy atom. The minimum Gasteiger partial charge on any atom is -0.383 e. The summed E-state index contributed by atoms with van der Waals surface area (Å²) in [6.07, 6.45) is 3.46. The molecular weight excluding hydrogens is 238 g/mol. The largest absolute Gasteiger partial charge is 0.383 e. The number of hydrogen-bond donors (Lipinski definition) is 1. The topological polar surface area (TPSA) is 69.6 Å². The Morgan fingerprint density at radius 1 is 1.11 bits per heavy atom. The van der Waals surface area contributed by atoms with Crippen LogP contribution in [0.3, 0.4) is 0 Å². The van der Waals surface area contributed by atoms with E-state index in [9.17, 15) is 0 Å². The molecule has 0 aliphatic carbocycles. The second-order valence-corrected chi connectivity index (χ2v) is 4.29. The van der Waals surface area contributed by atoms with Crippen LogP contribution in [-0.4, -0.2) is 20.0 Å². The third-order valence-electron chi connectivity index (χ3n) is 2.96. The van der Waals surface area contributed by atoms with Crippen LogP contribution in [0.2, 0.25) is 0 Å². The lowest BCUT2D eigenvalue weighted by Crippen LogP contribution is -2.00. The van der Waals surface area contributed by atoms with Crippen LogP contribution in [0.4, 0.5) is 5.82 Å². The van der Waals surface area contributed by atoms with Crippen molar-refractivity contribution in [3.63, 3.8) is 0 Å². The van der Waals surface area contributed by atoms with E-state index >= 15 is 0 Å². The Morgan fingerprint density at radius 3 is 2.63 bits per heavy atom. The van der Waals surface area contributed by atoms with Crippen LogP contribution in [0, 0.1) is 6.92 Å². The highest BCUT2D eigenvalue weighted by atomic mass is 15.4. The number of pyridine rings is 1. The van der Waals surface area contributed by atoms with Gasteiger partial charge in [0.25, 0.3) is 0 Å². The number of anilines is 1. The number of benzene rings is 1. The first-order chi connectivity index (χ1) is 9.25. The first kappa shape index (κ1) is 11.4. The van der Waals surface area contributed by atoms with Crippen molar-refractivity contribution in [3.05, 3.63) is 54.4 Å². The number of aryl methyl sites for hydroxylation is 1. The summed E-state index contributed by atoms with van der Waals surface area (Å²) in [7, 11) is 0. The Bertz CT molecular complexity index is 703. The van der Waals surface area contributed by atoms with Gasteiger partial charge in [0, 0.05) is 11.8 Å². The minimum atomic E-state index is 0.544. The van der Waals surface area contributed by atoms with Gasteiger partial charge >= 0.3 is 0 Å². The quantitative estimate of drug-likeness (QED) is 0.758. The fourth-order valence-corrected chi connectivity index (χ4v) is 1.92. The summed E-state index contributed by atoms with van der Waals surface area (Å²) in [5, 5.41) is 8.10. The summed E-state index contributed by atoms with van der Waals surface area (Å²) in [6.45, 7) is 1.93. The molecule has 0 amide bonds. The van der Waals surface area contributed by atoms with Gasteiger partial charge in [0.05, 0.1) is 17.6 Å². The average molecular weight is 251 g/mol. The smallest absolute Gasteiger partial charge is 0.126 e. The van der Waals surface area contributed by atoms with Crippen LogP contribution < -0.4 is 5.73 Å². The van der Waals surface area contributed by atoms with Crippen molar-refractivity contribution in [3.8, 4) is 16.9 Å². The molecule has 0 unspecified atom stereocenters. The lowest BCUT2D eigenvalue weighted by molar-refractivity contribution is 0.807. The van der Waals surface area contributed by atoms with E-state index in [-0.39, 0.29) is 0 Å². The molecule has 0 radical (unpaired) electrons. The summed E-state index contributed by atoms with van der Waals surface area (Å²) < 4.78 is 1.78. The van der Waals surface area contributed by atoms with E-state index < -0.39 is 0 Å². The molecule has 2 aromatic heterocycles. The average Bonchev–Trinajstić information content (AvgIpc) is 2.92. The predicted molar refractivity (Wildman–Crippen MR) is 73.7 cm³/mol. The zero-order valence-corrected chi connectivity index (χ0v) is 10.5. The molecule has 2 heterocycles. The molecule has 0 saturated heterocycles. The van der Waals surface area contributed by atoms with Gasteiger partial charge in [-0.05, 0) is 30.7 Å². The molecule has 94 valence electrons. The lowest BCUT2D eigenvalue weighted by Gasteiger charge is -2.07. The number of nitrogens with zero attached hydrogens (tertiary/aromatic N) is 4. The van der Waals surface area contributed by atoms with Gasteiger partial charge in [-0.1, -0.05) is 23.4 Å². The van der Waals surface area contributed by atoms with E-state index in [1.165, 1.54) is 0 Å². The minimum absolute atomic E-state index is 0.544. The predicted octanol–water partition coefficient (Wildman–Crippen LogP) is 2.22. The molecule has 0 spiro atoms. The first-order valence-corrected chi connectivity index (χ1v) is 5.94. The van der Waals surface area contributed by atoms with Crippen molar-refractivity contribution in [2.24, 2.45) is 0 Å². The van der Waals surface area contributed by atoms with Gasteiger partial charge in [0.1, 0.15) is 5.82 Å². The maximum absolute atomic E-state index is 5.74. The summed E-state index contributed by atoms with van der Waals surface area (Å²) in [5.74, 6) is 0.544. The van der Waals surface area contributed by atoms with Crippen LogP contribution in [0.25, 0.3) is 16.9 Å². The van der Waals surface area contributed by atoms with Gasteiger partial charge in [-0.2, -0.15) is 0 Å². The van der Waals surface area contributed by atoms with Crippen molar-refractivity contribution in [1.29, 1.82) is 0 Å². The third kappa shape index (κ3) is 2.06. The van der Waals surface area contributed by atoms with E-state index in [1.807, 2.05) is 43.3 Å². The fourth-order valence-electron chi connectivity index (χ4n) is 1.92. The van der Waals surface area contributed by atoms with Crippen LogP contribution in [0.15, 0.2) is 48.8 Å². The number of nitrogens with two attached hydrogens (primary N) is 1. The molecule has 2 N–H and O–H groups in total. The zero-order chi connectivity index (χ0) is 13.2. The molecule has 0 aliphatic heterocycles. The van der Waals surface area contributed by atoms with Crippen LogP contribution in [0.5, 0.6) is 0 Å². The van der Waals surface area contributed by atoms with Gasteiger partial charge in [-0.25, -0.2) is 9.67 Å². The molecule has 19 heavy (non-hydrogen) atoms. The van der Waals surface area contributed by atoms with Gasteiger partial charge in [-0.15, -0.1) is 5.10 Å². The van der Waals surface area contributed by atoms with Crippen molar-refractivity contribution in [2.75, 3.05) is 5.73 Å². The molecule has 0 aliphatic rings. The molecule has 1 aromatic carbocycles. The van der Waals surface area contributed by atoms with E-state index in [2.05, 4.69) is 15.3 Å². The second-order valence-electron chi connectivity index (χ2n) is 4.29. The monoisotopic (exact) mass is 251 g/mol. The zero-order valence-electron chi connectivity index (χ0n) is 10.5. The lowest BCUT2D eigenvalue weighted by atomic mass is 10.1. The van der Waals surface area contributed by atoms with E-state index in [0.29, 0.717) is 5.82 Å². The maximum Gasteiger partial charge on any atom is 0.126 e. The maximum atomic E-state index is 5.74. The van der Waals surface area contributed by atoms with E-state index in [0.717, 1.165) is 22.5 Å². The molecular formula is C14H13N5. The molecule has 3 rings (SSSR count). The van der Waals surface area contributed by atoms with E-state index in [1.54, 1.807) is 17.1 Å². The highest BCUT2D eigenvalue weighted by molar-refractivity contribution is 5.62. The van der Waals surface area contributed by atoms with Crippen LogP contribution in [0.1, 0.15) is 5.56 Å². The molecule has 0 fully saturated rings. The first-order valence-electron chi connectivity index (χ1n) is 5.94. The molecule has 0 bridgehead atoms. The summed E-state index contributed by atoms with van der Waals surface area (Å²) in [5.41, 5.74) is 9.48. The Labute approximate surface area is 110 Å². The Balaban J connectivity index is 2.12. The SMILES string of the molecule is Cc1cc(-c2cnnn2-c2ccccc2)cnc1N. The van der Waals surface area contributed by atoms with Crippen LogP contribution in [-0.2, 0) is 0 Å². The van der Waals surface area contributed by atoms with Gasteiger partial charge < -0.3 is 5.73 Å². The highest BCUT2D eigenvalue weighted by Crippen LogP contribution is 2.22. The number of rotatable bonds is 2. The number of aromatic nitrogens is 4. The molecule has 5 heteroatoms. The number of nitrogen functional groups attached to an aromatic ring is 1. The van der Waals surface area contributed by atoms with Gasteiger partial charge in [0.15, 0.2) is 0 Å². The van der Waals surface area contributed by atoms with Crippen LogP contribution >= 0.6 is 0 Å². The molecule has 0 saturated carbocycles. The fraction of sp³-hybridized carbons (Fsp3) is 0.0714. The van der Waals surface area contributed by atoms with Crippen molar-refractivity contribution in [1.82, 2.24) is 20.0 Å². The normalized spacial score (nSPS) is 10.6. The van der Waals surface area contributed by atoms with Gasteiger partial charge in [-0.3, -0.25) is 0 Å². The van der Waals surface area contributed by atoms with Gasteiger partial charge in [0.2, 0.25) is 0 Å². The summed E-state index contributed by atoms with van der Waals surface area (Å²) >= 11 is 0. The molecule has 0 atom stereocenters. The number of para-hydroxylation sites is 1.